The van der Waals surface area contributed by atoms with Crippen molar-refractivity contribution in [2.24, 2.45) is 5.92 Å². The van der Waals surface area contributed by atoms with Gasteiger partial charge in [0.2, 0.25) is 11.8 Å². The van der Waals surface area contributed by atoms with Crippen LogP contribution in [-0.2, 0) is 22.4 Å². The molecule has 41 heavy (non-hydrogen) atoms. The number of fused-ring (bicyclic) bond motifs is 1. The summed E-state index contributed by atoms with van der Waals surface area (Å²) in [7, 11) is 1.84. The molecule has 1 saturated carbocycles. The van der Waals surface area contributed by atoms with Gasteiger partial charge in [0, 0.05) is 30.8 Å². The van der Waals surface area contributed by atoms with Crippen molar-refractivity contribution >= 4 is 17.6 Å². The number of anilines is 1. The lowest BCUT2D eigenvalue weighted by Crippen LogP contribution is -2.55. The minimum absolute atomic E-state index is 0.000739. The summed E-state index contributed by atoms with van der Waals surface area (Å²) in [5.74, 6) is 5.92. The number of carbonyl (C=O) groups excluding carboxylic acids is 2. The van der Waals surface area contributed by atoms with Crippen LogP contribution in [0, 0.1) is 29.4 Å². The molecule has 1 fully saturated rings. The summed E-state index contributed by atoms with van der Waals surface area (Å²) in [4.78, 5) is 31.6. The monoisotopic (exact) mass is 558 g/mol. The van der Waals surface area contributed by atoms with Gasteiger partial charge in [0.05, 0.1) is 12.1 Å². The first kappa shape index (κ1) is 29.9. The van der Waals surface area contributed by atoms with Gasteiger partial charge in [-0.3, -0.25) is 9.59 Å². The topological polar surface area (TPSA) is 74.3 Å². The van der Waals surface area contributed by atoms with Crippen molar-refractivity contribution in [3.8, 4) is 11.8 Å². The Labute approximate surface area is 240 Å². The number of nitrogens with zero attached hydrogens (tertiary/aromatic N) is 2. The smallest absolute Gasteiger partial charge is 0.243 e. The van der Waals surface area contributed by atoms with Crippen molar-refractivity contribution in [2.75, 3.05) is 25.5 Å². The normalized spacial score (nSPS) is 16.4. The number of rotatable bonds is 6. The second-order valence-corrected chi connectivity index (χ2v) is 10.5. The first-order valence-corrected chi connectivity index (χ1v) is 14.0. The molecule has 0 aliphatic heterocycles. The van der Waals surface area contributed by atoms with E-state index < -0.39 is 17.2 Å². The predicted molar refractivity (Wildman–Crippen MR) is 156 cm³/mol. The van der Waals surface area contributed by atoms with Crippen molar-refractivity contribution < 1.29 is 18.4 Å². The molecule has 2 aliphatic rings. The number of carbonyl (C=O) groups is 2. The summed E-state index contributed by atoms with van der Waals surface area (Å²) in [6.07, 6.45) is 7.08. The first-order chi connectivity index (χ1) is 19.8. The molecular weight excluding hydrogens is 522 g/mol. The number of hydrogen-bond donors (Lipinski definition) is 2. The van der Waals surface area contributed by atoms with Crippen LogP contribution in [-0.4, -0.2) is 47.4 Å². The molecule has 1 aromatic heterocycles. The van der Waals surface area contributed by atoms with Gasteiger partial charge in [-0.15, -0.1) is 0 Å². The molecule has 0 spiro atoms. The average Bonchev–Trinajstić information content (AvgIpc) is 3.61. The SMILES string of the molecule is CCNC1(C(=O)N(C)CC#Cc2ccc3c(c2)CC(C(=O)Nc2ccccn2)C3)CCCC1.Fc1cccc(F)c1. The highest BCUT2D eigenvalue weighted by molar-refractivity contribution is 5.92. The number of pyridine rings is 1. The highest BCUT2D eigenvalue weighted by Gasteiger charge is 2.41. The molecule has 1 atom stereocenters. The van der Waals surface area contributed by atoms with Crippen LogP contribution in [0.5, 0.6) is 0 Å². The molecule has 1 unspecified atom stereocenters. The third kappa shape index (κ3) is 7.99. The summed E-state index contributed by atoms with van der Waals surface area (Å²) < 4.78 is 23.9. The van der Waals surface area contributed by atoms with Crippen LogP contribution >= 0.6 is 0 Å². The molecule has 8 heteroatoms. The Morgan fingerprint density at radius 3 is 2.37 bits per heavy atom. The van der Waals surface area contributed by atoms with E-state index in [-0.39, 0.29) is 17.7 Å². The third-order valence-corrected chi connectivity index (χ3v) is 7.49. The van der Waals surface area contributed by atoms with Gasteiger partial charge in [-0.1, -0.05) is 49.8 Å². The van der Waals surface area contributed by atoms with Crippen LogP contribution in [0.25, 0.3) is 0 Å². The largest absolute Gasteiger partial charge is 0.333 e. The van der Waals surface area contributed by atoms with Gasteiger partial charge in [-0.05, 0) is 79.8 Å². The molecule has 2 N–H and O–H groups in total. The van der Waals surface area contributed by atoms with Gasteiger partial charge in [-0.25, -0.2) is 13.8 Å². The van der Waals surface area contributed by atoms with Crippen molar-refractivity contribution in [3.63, 3.8) is 0 Å². The number of amides is 2. The second kappa shape index (κ2) is 14.0. The number of likely N-dealkylation sites (N-methyl/N-ethyl adjacent to an activating group) is 2. The summed E-state index contributed by atoms with van der Waals surface area (Å²) in [5.41, 5.74) is 2.87. The average molecular weight is 559 g/mol. The van der Waals surface area contributed by atoms with E-state index in [9.17, 15) is 18.4 Å². The molecule has 0 radical (unpaired) electrons. The van der Waals surface area contributed by atoms with Crippen LogP contribution in [0.4, 0.5) is 14.6 Å². The third-order valence-electron chi connectivity index (χ3n) is 7.49. The predicted octanol–water partition coefficient (Wildman–Crippen LogP) is 5.13. The lowest BCUT2D eigenvalue weighted by atomic mass is 9.95. The first-order valence-electron chi connectivity index (χ1n) is 14.0. The molecule has 0 bridgehead atoms. The summed E-state index contributed by atoms with van der Waals surface area (Å²) in [6.45, 7) is 3.24. The van der Waals surface area contributed by atoms with Gasteiger partial charge in [-0.2, -0.15) is 0 Å². The van der Waals surface area contributed by atoms with E-state index in [0.29, 0.717) is 18.8 Å². The Bertz CT molecular complexity index is 1390. The zero-order valence-corrected chi connectivity index (χ0v) is 23.6. The minimum atomic E-state index is -0.537. The quantitative estimate of drug-likeness (QED) is 0.412. The van der Waals surface area contributed by atoms with Crippen LogP contribution in [0.15, 0.2) is 66.9 Å². The summed E-state index contributed by atoms with van der Waals surface area (Å²) in [5, 5.41) is 6.33. The van der Waals surface area contributed by atoms with Gasteiger partial charge in [0.25, 0.3) is 0 Å². The lowest BCUT2D eigenvalue weighted by molar-refractivity contribution is -0.136. The second-order valence-electron chi connectivity index (χ2n) is 10.5. The fourth-order valence-corrected chi connectivity index (χ4v) is 5.49. The van der Waals surface area contributed by atoms with Crippen molar-refractivity contribution in [1.29, 1.82) is 0 Å². The standard InChI is InChI=1S/C27H32N4O2.C6H4F2/c1-3-29-27(13-5-6-14-27)26(33)31(2)16-8-9-20-11-12-21-18-23(19-22(21)17-20)25(32)30-24-10-4-7-15-28-24;7-5-2-1-3-6(8)4-5/h4,7,10-12,15,17,23,29H,3,5-6,13-14,16,18-19H2,1-2H3,(H,28,30,32);1-4H. The van der Waals surface area contributed by atoms with E-state index in [2.05, 4.69) is 39.6 Å². The maximum Gasteiger partial charge on any atom is 0.243 e. The Balaban J connectivity index is 0.000000417. The summed E-state index contributed by atoms with van der Waals surface area (Å²) in [6, 6.07) is 16.2. The van der Waals surface area contributed by atoms with Crippen LogP contribution < -0.4 is 10.6 Å². The molecule has 6 nitrogen and oxygen atoms in total. The summed E-state index contributed by atoms with van der Waals surface area (Å²) >= 11 is 0. The zero-order chi connectivity index (χ0) is 29.2. The molecule has 5 rings (SSSR count). The van der Waals surface area contributed by atoms with Gasteiger partial charge >= 0.3 is 0 Å². The molecule has 2 aliphatic carbocycles. The van der Waals surface area contributed by atoms with E-state index >= 15 is 0 Å². The molecule has 1 heterocycles. The fraction of sp³-hybridized carbons (Fsp3) is 0.364. The zero-order valence-electron chi connectivity index (χ0n) is 23.6. The van der Waals surface area contributed by atoms with Crippen LogP contribution in [0.3, 0.4) is 0 Å². The molecule has 214 valence electrons. The number of benzene rings is 2. The van der Waals surface area contributed by atoms with E-state index in [4.69, 9.17) is 0 Å². The van der Waals surface area contributed by atoms with Gasteiger partial charge < -0.3 is 15.5 Å². The van der Waals surface area contributed by atoms with Crippen molar-refractivity contribution in [3.05, 3.63) is 95.2 Å². The van der Waals surface area contributed by atoms with Gasteiger partial charge in [0.1, 0.15) is 17.5 Å². The maximum atomic E-state index is 13.0. The Hall–Kier alpha value is -4.09. The van der Waals surface area contributed by atoms with E-state index in [0.717, 1.165) is 50.3 Å². The van der Waals surface area contributed by atoms with Crippen LogP contribution in [0.2, 0.25) is 0 Å². The van der Waals surface area contributed by atoms with E-state index in [1.807, 2.05) is 32.2 Å². The highest BCUT2D eigenvalue weighted by atomic mass is 19.1. The molecular formula is C33H36F2N4O2. The van der Waals surface area contributed by atoms with E-state index in [1.54, 1.807) is 17.2 Å². The molecule has 0 saturated heterocycles. The number of nitrogens with one attached hydrogen (secondary N) is 2. The maximum absolute atomic E-state index is 13.0. The molecule has 3 aromatic rings. The number of hydrogen-bond acceptors (Lipinski definition) is 4. The van der Waals surface area contributed by atoms with Gasteiger partial charge in [0.15, 0.2) is 0 Å². The van der Waals surface area contributed by atoms with Crippen LogP contribution in [0.1, 0.15) is 49.3 Å². The Morgan fingerprint density at radius 1 is 1.00 bits per heavy atom. The molecule has 2 amide bonds. The Kier molecular flexibility index (Phi) is 10.2. The number of halogens is 2. The fourth-order valence-electron chi connectivity index (χ4n) is 5.49. The van der Waals surface area contributed by atoms with Crippen molar-refractivity contribution in [1.82, 2.24) is 15.2 Å². The molecule has 2 aromatic carbocycles. The minimum Gasteiger partial charge on any atom is -0.333 e. The lowest BCUT2D eigenvalue weighted by Gasteiger charge is -2.32. The van der Waals surface area contributed by atoms with E-state index in [1.165, 1.54) is 29.3 Å². The number of aromatic nitrogens is 1. The highest BCUT2D eigenvalue weighted by Crippen LogP contribution is 2.31. The van der Waals surface area contributed by atoms with Crippen molar-refractivity contribution in [2.45, 2.75) is 51.0 Å². The Morgan fingerprint density at radius 2 is 1.73 bits per heavy atom.